The van der Waals surface area contributed by atoms with Crippen LogP contribution in [0.1, 0.15) is 49.1 Å². The van der Waals surface area contributed by atoms with Gasteiger partial charge in [0.25, 0.3) is 0 Å². The number of amides is 1. The lowest BCUT2D eigenvalue weighted by atomic mass is 9.81. The van der Waals surface area contributed by atoms with Gasteiger partial charge in [0.1, 0.15) is 0 Å². The smallest absolute Gasteiger partial charge is 0.220 e. The van der Waals surface area contributed by atoms with Gasteiger partial charge in [0.15, 0.2) is 0 Å². The van der Waals surface area contributed by atoms with Crippen molar-refractivity contribution in [2.75, 3.05) is 6.54 Å². The molecule has 2 aliphatic carbocycles. The number of carbonyl (C=O) groups is 1. The zero-order valence-corrected chi connectivity index (χ0v) is 12.0. The summed E-state index contributed by atoms with van der Waals surface area (Å²) in [5.41, 5.74) is 8.56. The van der Waals surface area contributed by atoms with Gasteiger partial charge in [0, 0.05) is 19.0 Å². The summed E-state index contributed by atoms with van der Waals surface area (Å²) >= 11 is 0. The molecule has 20 heavy (non-hydrogen) atoms. The minimum Gasteiger partial charge on any atom is -0.352 e. The molecule has 0 heterocycles. The van der Waals surface area contributed by atoms with Crippen LogP contribution in [0.25, 0.3) is 0 Å². The number of nitrogens with two attached hydrogens (primary N) is 1. The molecule has 2 atom stereocenters. The molecular formula is C17H24N2O. The van der Waals surface area contributed by atoms with Gasteiger partial charge in [-0.05, 0) is 55.1 Å². The second-order valence-corrected chi connectivity index (χ2v) is 6.24. The first kappa shape index (κ1) is 13.6. The number of hydrogen-bond donors (Lipinski definition) is 2. The van der Waals surface area contributed by atoms with E-state index in [4.69, 9.17) is 5.73 Å². The van der Waals surface area contributed by atoms with Crippen LogP contribution in [0.15, 0.2) is 24.3 Å². The molecule has 3 rings (SSSR count). The van der Waals surface area contributed by atoms with Crippen LogP contribution in [0.2, 0.25) is 0 Å². The molecule has 0 aliphatic heterocycles. The van der Waals surface area contributed by atoms with Crippen LogP contribution in [-0.4, -0.2) is 18.5 Å². The van der Waals surface area contributed by atoms with Crippen molar-refractivity contribution in [3.63, 3.8) is 0 Å². The molecule has 1 saturated carbocycles. The van der Waals surface area contributed by atoms with Crippen LogP contribution < -0.4 is 11.1 Å². The van der Waals surface area contributed by atoms with Gasteiger partial charge in [-0.25, -0.2) is 0 Å². The average molecular weight is 272 g/mol. The fraction of sp³-hybridized carbons (Fsp3) is 0.588. The fourth-order valence-corrected chi connectivity index (χ4v) is 3.42. The Labute approximate surface area is 120 Å². The molecule has 0 spiro atoms. The normalized spacial score (nSPS) is 22.9. The largest absolute Gasteiger partial charge is 0.352 e. The van der Waals surface area contributed by atoms with Gasteiger partial charge in [-0.1, -0.05) is 24.3 Å². The summed E-state index contributed by atoms with van der Waals surface area (Å²) in [7, 11) is 0. The maximum absolute atomic E-state index is 12.3. The summed E-state index contributed by atoms with van der Waals surface area (Å²) in [5, 5.41) is 3.14. The van der Waals surface area contributed by atoms with Crippen LogP contribution in [0.5, 0.6) is 0 Å². The van der Waals surface area contributed by atoms with E-state index < -0.39 is 0 Å². The number of benzene rings is 1. The third-order valence-electron chi connectivity index (χ3n) is 4.72. The van der Waals surface area contributed by atoms with E-state index in [-0.39, 0.29) is 11.9 Å². The zero-order chi connectivity index (χ0) is 13.9. The molecule has 0 bridgehead atoms. The molecule has 3 heteroatoms. The predicted molar refractivity (Wildman–Crippen MR) is 80.4 cm³/mol. The standard InChI is InChI=1S/C17H24N2O/c18-11-16(13-8-9-13)19-17(20)10-14-6-3-5-12-4-1-2-7-15(12)14/h1-2,4,7,13-14,16H,3,5-6,8-11,18H2,(H,19,20). The highest BCUT2D eigenvalue weighted by Gasteiger charge is 2.32. The average Bonchev–Trinajstić information content (AvgIpc) is 3.30. The molecule has 1 aromatic rings. The monoisotopic (exact) mass is 272 g/mol. The van der Waals surface area contributed by atoms with Gasteiger partial charge in [-0.15, -0.1) is 0 Å². The second-order valence-electron chi connectivity index (χ2n) is 6.24. The molecular weight excluding hydrogens is 248 g/mol. The molecule has 2 aliphatic rings. The lowest BCUT2D eigenvalue weighted by Crippen LogP contribution is -2.42. The molecule has 1 amide bonds. The van der Waals surface area contributed by atoms with Gasteiger partial charge in [-0.2, -0.15) is 0 Å². The summed E-state index contributed by atoms with van der Waals surface area (Å²) in [6.07, 6.45) is 6.52. The number of fused-ring (bicyclic) bond motifs is 1. The quantitative estimate of drug-likeness (QED) is 0.864. The first-order valence-corrected chi connectivity index (χ1v) is 7.85. The van der Waals surface area contributed by atoms with Gasteiger partial charge in [0.05, 0.1) is 0 Å². The van der Waals surface area contributed by atoms with Crippen LogP contribution in [0.3, 0.4) is 0 Å². The van der Waals surface area contributed by atoms with Crippen LogP contribution in [-0.2, 0) is 11.2 Å². The van der Waals surface area contributed by atoms with E-state index in [0.29, 0.717) is 24.8 Å². The van der Waals surface area contributed by atoms with Crippen molar-refractivity contribution in [2.24, 2.45) is 11.7 Å². The van der Waals surface area contributed by atoms with Crippen molar-refractivity contribution in [3.05, 3.63) is 35.4 Å². The maximum Gasteiger partial charge on any atom is 0.220 e. The topological polar surface area (TPSA) is 55.1 Å². The molecule has 108 valence electrons. The Balaban J connectivity index is 1.61. The van der Waals surface area contributed by atoms with E-state index in [1.54, 1.807) is 0 Å². The number of nitrogens with one attached hydrogen (secondary N) is 1. The fourth-order valence-electron chi connectivity index (χ4n) is 3.42. The molecule has 3 N–H and O–H groups in total. The molecule has 1 aromatic carbocycles. The van der Waals surface area contributed by atoms with Crippen molar-refractivity contribution in [1.82, 2.24) is 5.32 Å². The lowest BCUT2D eigenvalue weighted by molar-refractivity contribution is -0.122. The van der Waals surface area contributed by atoms with Crippen molar-refractivity contribution < 1.29 is 4.79 Å². The predicted octanol–water partition coefficient (Wildman–Crippen LogP) is 2.35. The Hall–Kier alpha value is -1.35. The molecule has 0 saturated heterocycles. The molecule has 1 fully saturated rings. The van der Waals surface area contributed by atoms with E-state index in [2.05, 4.69) is 29.6 Å². The summed E-state index contributed by atoms with van der Waals surface area (Å²) in [4.78, 5) is 12.3. The molecule has 0 radical (unpaired) electrons. The SMILES string of the molecule is NCC(NC(=O)CC1CCCc2ccccc21)C1CC1. The molecule has 0 aromatic heterocycles. The lowest BCUT2D eigenvalue weighted by Gasteiger charge is -2.26. The van der Waals surface area contributed by atoms with E-state index >= 15 is 0 Å². The van der Waals surface area contributed by atoms with Crippen molar-refractivity contribution >= 4 is 5.91 Å². The third kappa shape index (κ3) is 3.04. The number of aryl methyl sites for hydroxylation is 1. The van der Waals surface area contributed by atoms with Crippen LogP contribution >= 0.6 is 0 Å². The summed E-state index contributed by atoms with van der Waals surface area (Å²) in [6.45, 7) is 0.567. The third-order valence-corrected chi connectivity index (χ3v) is 4.72. The summed E-state index contributed by atoms with van der Waals surface area (Å²) in [5.74, 6) is 1.19. The number of rotatable bonds is 5. The van der Waals surface area contributed by atoms with Gasteiger partial charge in [0.2, 0.25) is 5.91 Å². The maximum atomic E-state index is 12.3. The van der Waals surface area contributed by atoms with Crippen molar-refractivity contribution in [1.29, 1.82) is 0 Å². The Kier molecular flexibility index (Phi) is 4.06. The second kappa shape index (κ2) is 5.96. The van der Waals surface area contributed by atoms with Gasteiger partial charge >= 0.3 is 0 Å². The minimum absolute atomic E-state index is 0.175. The zero-order valence-electron chi connectivity index (χ0n) is 12.0. The Morgan fingerprint density at radius 1 is 1.30 bits per heavy atom. The van der Waals surface area contributed by atoms with E-state index in [9.17, 15) is 4.79 Å². The molecule has 3 nitrogen and oxygen atoms in total. The summed E-state index contributed by atoms with van der Waals surface area (Å²) < 4.78 is 0. The highest BCUT2D eigenvalue weighted by Crippen LogP contribution is 2.35. The highest BCUT2D eigenvalue weighted by atomic mass is 16.1. The Bertz CT molecular complexity index is 482. The van der Waals surface area contributed by atoms with Crippen LogP contribution in [0, 0.1) is 5.92 Å². The van der Waals surface area contributed by atoms with Crippen molar-refractivity contribution in [2.45, 2.75) is 50.5 Å². The van der Waals surface area contributed by atoms with E-state index in [1.807, 2.05) is 0 Å². The van der Waals surface area contributed by atoms with Gasteiger partial charge < -0.3 is 11.1 Å². The first-order valence-electron chi connectivity index (χ1n) is 7.85. The minimum atomic E-state index is 0.175. The Morgan fingerprint density at radius 2 is 2.10 bits per heavy atom. The van der Waals surface area contributed by atoms with Crippen LogP contribution in [0.4, 0.5) is 0 Å². The van der Waals surface area contributed by atoms with E-state index in [1.165, 1.54) is 30.4 Å². The first-order chi connectivity index (χ1) is 9.78. The Morgan fingerprint density at radius 3 is 2.85 bits per heavy atom. The van der Waals surface area contributed by atoms with E-state index in [0.717, 1.165) is 12.8 Å². The number of carbonyl (C=O) groups excluding carboxylic acids is 1. The van der Waals surface area contributed by atoms with Gasteiger partial charge in [-0.3, -0.25) is 4.79 Å². The molecule has 2 unspecified atom stereocenters. The number of hydrogen-bond acceptors (Lipinski definition) is 2. The summed E-state index contributed by atoms with van der Waals surface area (Å²) in [6, 6.07) is 8.77. The highest BCUT2D eigenvalue weighted by molar-refractivity contribution is 5.77. The van der Waals surface area contributed by atoms with Crippen molar-refractivity contribution in [3.8, 4) is 0 Å².